The molecule has 1 aromatic heterocycles. The predicted molar refractivity (Wildman–Crippen MR) is 96.2 cm³/mol. The molecule has 0 aliphatic heterocycles. The van der Waals surface area contributed by atoms with Crippen molar-refractivity contribution in [2.75, 3.05) is 0 Å². The van der Waals surface area contributed by atoms with Crippen LogP contribution < -0.4 is 10.1 Å². The number of aromatic nitrogens is 2. The van der Waals surface area contributed by atoms with Crippen LogP contribution in [0, 0.1) is 23.7 Å². The summed E-state index contributed by atoms with van der Waals surface area (Å²) >= 11 is 0. The Bertz CT molecular complexity index is 705. The van der Waals surface area contributed by atoms with E-state index in [-0.39, 0.29) is 0 Å². The Morgan fingerprint density at radius 1 is 0.920 bits per heavy atom. The van der Waals surface area contributed by atoms with Crippen LogP contribution in [0.4, 0.5) is 0 Å². The van der Waals surface area contributed by atoms with Gasteiger partial charge in [0.2, 0.25) is 0 Å². The van der Waals surface area contributed by atoms with E-state index >= 15 is 0 Å². The van der Waals surface area contributed by atoms with E-state index in [9.17, 15) is 0 Å². The minimum Gasteiger partial charge on any atom is -0.424 e. The zero-order valence-corrected chi connectivity index (χ0v) is 14.5. The van der Waals surface area contributed by atoms with Gasteiger partial charge in [0, 0.05) is 25.0 Å². The van der Waals surface area contributed by atoms with Crippen LogP contribution >= 0.6 is 0 Å². The monoisotopic (exact) mass is 335 g/mol. The molecule has 130 valence electrons. The second kappa shape index (κ2) is 6.41. The number of nitrogens with zero attached hydrogens (tertiary/aromatic N) is 2. The largest absolute Gasteiger partial charge is 0.424 e. The van der Waals surface area contributed by atoms with E-state index in [0.717, 1.165) is 42.0 Å². The fraction of sp³-hybridized carbons (Fsp3) is 0.524. The van der Waals surface area contributed by atoms with Crippen molar-refractivity contribution in [3.63, 3.8) is 0 Å². The summed E-state index contributed by atoms with van der Waals surface area (Å²) in [5.74, 6) is 4.68. The summed E-state index contributed by atoms with van der Waals surface area (Å²) in [5.41, 5.74) is 1.27. The first kappa shape index (κ1) is 15.3. The first-order valence-corrected chi connectivity index (χ1v) is 9.60. The van der Waals surface area contributed by atoms with Crippen LogP contribution in [0.3, 0.4) is 0 Å². The van der Waals surface area contributed by atoms with Gasteiger partial charge in [0.05, 0.1) is 0 Å². The molecule has 4 saturated carbocycles. The van der Waals surface area contributed by atoms with Crippen LogP contribution in [0.5, 0.6) is 11.8 Å². The lowest BCUT2D eigenvalue weighted by Crippen LogP contribution is -2.54. The van der Waals surface area contributed by atoms with E-state index < -0.39 is 0 Å². The number of hydrogen-bond acceptors (Lipinski definition) is 4. The molecule has 0 saturated heterocycles. The van der Waals surface area contributed by atoms with Gasteiger partial charge < -0.3 is 10.1 Å². The van der Waals surface area contributed by atoms with Crippen LogP contribution in [0.25, 0.3) is 0 Å². The second-order valence-electron chi connectivity index (χ2n) is 8.12. The van der Waals surface area contributed by atoms with Gasteiger partial charge >= 0.3 is 6.01 Å². The average Bonchev–Trinajstić information content (AvgIpc) is 2.62. The molecule has 6 rings (SSSR count). The average molecular weight is 335 g/mol. The molecule has 4 bridgehead atoms. The molecule has 0 spiro atoms. The Balaban J connectivity index is 1.24. The molecule has 4 aliphatic rings. The number of nitrogens with one attached hydrogen (secondary N) is 1. The SMILES string of the molecule is c1cnc(Oc2cccc(CNC3C4CC5CC(C4)CC3C5)c2)nc1. The van der Waals surface area contributed by atoms with Gasteiger partial charge in [-0.15, -0.1) is 0 Å². The lowest BCUT2D eigenvalue weighted by Gasteiger charge is -2.54. The van der Waals surface area contributed by atoms with Crippen LogP contribution in [-0.4, -0.2) is 16.0 Å². The lowest BCUT2D eigenvalue weighted by atomic mass is 9.54. The molecule has 4 heteroatoms. The third-order valence-corrected chi connectivity index (χ3v) is 6.42. The molecule has 4 fully saturated rings. The van der Waals surface area contributed by atoms with Gasteiger partial charge in [-0.05, 0) is 79.5 Å². The Hall–Kier alpha value is -1.94. The second-order valence-corrected chi connectivity index (χ2v) is 8.12. The van der Waals surface area contributed by atoms with Crippen LogP contribution in [0.15, 0.2) is 42.7 Å². The summed E-state index contributed by atoms with van der Waals surface area (Å²) in [6.07, 6.45) is 10.7. The number of rotatable bonds is 5. The molecule has 4 nitrogen and oxygen atoms in total. The summed E-state index contributed by atoms with van der Waals surface area (Å²) in [7, 11) is 0. The number of hydrogen-bond donors (Lipinski definition) is 1. The summed E-state index contributed by atoms with van der Waals surface area (Å²) in [4.78, 5) is 8.25. The Morgan fingerprint density at radius 3 is 2.36 bits per heavy atom. The molecule has 1 aromatic carbocycles. The molecule has 0 radical (unpaired) electrons. The van der Waals surface area contributed by atoms with Gasteiger partial charge in [-0.2, -0.15) is 0 Å². The Kier molecular flexibility index (Phi) is 3.93. The zero-order valence-electron chi connectivity index (χ0n) is 14.5. The van der Waals surface area contributed by atoms with Gasteiger partial charge in [0.1, 0.15) is 5.75 Å². The summed E-state index contributed by atoms with van der Waals surface area (Å²) in [5, 5.41) is 3.89. The summed E-state index contributed by atoms with van der Waals surface area (Å²) < 4.78 is 5.76. The number of ether oxygens (including phenoxy) is 1. The van der Waals surface area contributed by atoms with Crippen molar-refractivity contribution in [3.8, 4) is 11.8 Å². The van der Waals surface area contributed by atoms with Gasteiger partial charge in [-0.25, -0.2) is 9.97 Å². The molecular weight excluding hydrogens is 310 g/mol. The highest BCUT2D eigenvalue weighted by Crippen LogP contribution is 2.53. The molecule has 0 amide bonds. The van der Waals surface area contributed by atoms with Crippen molar-refractivity contribution in [1.29, 1.82) is 0 Å². The van der Waals surface area contributed by atoms with Crippen molar-refractivity contribution >= 4 is 0 Å². The van der Waals surface area contributed by atoms with Crippen molar-refractivity contribution in [1.82, 2.24) is 15.3 Å². The minimum absolute atomic E-state index is 0.397. The van der Waals surface area contributed by atoms with E-state index in [1.54, 1.807) is 18.5 Å². The maximum Gasteiger partial charge on any atom is 0.321 e. The molecule has 2 aromatic rings. The van der Waals surface area contributed by atoms with E-state index in [1.165, 1.54) is 37.7 Å². The van der Waals surface area contributed by atoms with Crippen molar-refractivity contribution in [2.45, 2.75) is 44.7 Å². The molecule has 0 unspecified atom stereocenters. The fourth-order valence-electron chi connectivity index (χ4n) is 5.66. The highest BCUT2D eigenvalue weighted by molar-refractivity contribution is 5.30. The van der Waals surface area contributed by atoms with E-state index in [0.29, 0.717) is 6.01 Å². The van der Waals surface area contributed by atoms with Gasteiger partial charge in [-0.3, -0.25) is 0 Å². The highest BCUT2D eigenvalue weighted by atomic mass is 16.5. The van der Waals surface area contributed by atoms with Crippen LogP contribution in [-0.2, 0) is 6.54 Å². The molecule has 1 heterocycles. The Morgan fingerprint density at radius 2 is 1.64 bits per heavy atom. The molecule has 25 heavy (non-hydrogen) atoms. The van der Waals surface area contributed by atoms with Gasteiger partial charge in [0.15, 0.2) is 0 Å². The Labute approximate surface area is 149 Å². The van der Waals surface area contributed by atoms with Crippen LogP contribution in [0.2, 0.25) is 0 Å². The van der Waals surface area contributed by atoms with E-state index in [2.05, 4.69) is 27.4 Å². The highest BCUT2D eigenvalue weighted by Gasteiger charge is 2.47. The van der Waals surface area contributed by atoms with Crippen molar-refractivity contribution in [3.05, 3.63) is 48.3 Å². The third kappa shape index (κ3) is 3.15. The molecule has 4 aliphatic carbocycles. The third-order valence-electron chi connectivity index (χ3n) is 6.42. The maximum atomic E-state index is 5.76. The maximum absolute atomic E-state index is 5.76. The number of benzene rings is 1. The quantitative estimate of drug-likeness (QED) is 0.890. The smallest absolute Gasteiger partial charge is 0.321 e. The fourth-order valence-corrected chi connectivity index (χ4v) is 5.66. The lowest BCUT2D eigenvalue weighted by molar-refractivity contribution is -0.0142. The molecule has 1 N–H and O–H groups in total. The van der Waals surface area contributed by atoms with E-state index in [1.807, 2.05) is 12.1 Å². The molecular formula is C21H25N3O. The van der Waals surface area contributed by atoms with Crippen LogP contribution in [0.1, 0.15) is 37.7 Å². The zero-order chi connectivity index (χ0) is 16.6. The first-order valence-electron chi connectivity index (χ1n) is 9.60. The van der Waals surface area contributed by atoms with Gasteiger partial charge in [-0.1, -0.05) is 12.1 Å². The van der Waals surface area contributed by atoms with E-state index in [4.69, 9.17) is 4.74 Å². The van der Waals surface area contributed by atoms with Crippen molar-refractivity contribution < 1.29 is 4.74 Å². The summed E-state index contributed by atoms with van der Waals surface area (Å²) in [6.45, 7) is 0.917. The predicted octanol–water partition coefficient (Wildman–Crippen LogP) is 4.18. The van der Waals surface area contributed by atoms with Crippen molar-refractivity contribution in [2.24, 2.45) is 23.7 Å². The topological polar surface area (TPSA) is 47.0 Å². The normalized spacial score (nSPS) is 32.7. The first-order chi connectivity index (χ1) is 12.3. The summed E-state index contributed by atoms with van der Waals surface area (Å²) in [6, 6.07) is 11.2. The molecule has 0 atom stereocenters. The minimum atomic E-state index is 0.397. The van der Waals surface area contributed by atoms with Gasteiger partial charge in [0.25, 0.3) is 0 Å². The standard InChI is InChI=1S/C21H25N3O/c1-3-14(12-19(4-1)25-21-22-5-2-6-23-21)13-24-20-17-8-15-7-16(10-17)11-18(20)9-15/h1-6,12,15-18,20,24H,7-11,13H2.